The molecule has 14 heteroatoms. The summed E-state index contributed by atoms with van der Waals surface area (Å²) in [6.07, 6.45) is 2.57. The van der Waals surface area contributed by atoms with Gasteiger partial charge in [0.1, 0.15) is 17.4 Å². The van der Waals surface area contributed by atoms with Crippen LogP contribution in [-0.4, -0.2) is 86.4 Å². The number of rotatable bonds is 7. The van der Waals surface area contributed by atoms with E-state index in [2.05, 4.69) is 30.6 Å². The molecule has 0 spiro atoms. The number of H-pyrrole nitrogens is 1. The molecule has 40 heavy (non-hydrogen) atoms. The van der Waals surface area contributed by atoms with Gasteiger partial charge < -0.3 is 24.9 Å². The van der Waals surface area contributed by atoms with Gasteiger partial charge in [0.25, 0.3) is 11.8 Å². The number of aromatic amines is 1. The first-order valence-electron chi connectivity index (χ1n) is 12.8. The van der Waals surface area contributed by atoms with E-state index in [4.69, 9.17) is 4.42 Å². The second-order valence-corrected chi connectivity index (χ2v) is 10.00. The highest BCUT2D eigenvalue weighted by atomic mass is 19.1. The molecule has 13 nitrogen and oxygen atoms in total. The van der Waals surface area contributed by atoms with Gasteiger partial charge in [-0.3, -0.25) is 19.4 Å². The van der Waals surface area contributed by atoms with Crippen molar-refractivity contribution >= 4 is 34.5 Å². The number of fused-ring (bicyclic) bond motifs is 2. The fourth-order valence-electron chi connectivity index (χ4n) is 4.80. The first kappa shape index (κ1) is 27.0. The quantitative estimate of drug-likeness (QED) is 0.305. The topological polar surface area (TPSA) is 158 Å². The summed E-state index contributed by atoms with van der Waals surface area (Å²) in [5, 5.41) is 9.20. The van der Waals surface area contributed by atoms with Gasteiger partial charge in [-0.15, -0.1) is 0 Å². The van der Waals surface area contributed by atoms with Gasteiger partial charge in [0.05, 0.1) is 11.7 Å². The Hall–Kier alpha value is -4.59. The molecule has 1 fully saturated rings. The Morgan fingerprint density at radius 3 is 2.67 bits per heavy atom. The highest BCUT2D eigenvalue weighted by molar-refractivity contribution is 6.00. The maximum Gasteiger partial charge on any atom is 0.417 e. The minimum absolute atomic E-state index is 0.0637. The smallest absolute Gasteiger partial charge is 0.408 e. The highest BCUT2D eigenvalue weighted by Gasteiger charge is 2.29. The molecule has 0 bridgehead atoms. The summed E-state index contributed by atoms with van der Waals surface area (Å²) in [4.78, 5) is 61.0. The Kier molecular flexibility index (Phi) is 7.34. The fraction of sp³-hybridized carbons (Fsp3) is 0.385. The number of hydrogen-bond donors (Lipinski definition) is 3. The number of aromatic nitrogens is 4. The predicted molar refractivity (Wildman–Crippen MR) is 141 cm³/mol. The monoisotopic (exact) mass is 552 g/mol. The number of nitrogens with zero attached hydrogens (tertiary/aromatic N) is 5. The Balaban J connectivity index is 1.30. The van der Waals surface area contributed by atoms with Crippen LogP contribution < -0.4 is 16.4 Å². The van der Waals surface area contributed by atoms with E-state index in [1.165, 1.54) is 6.07 Å². The van der Waals surface area contributed by atoms with E-state index < -0.39 is 29.4 Å². The lowest BCUT2D eigenvalue weighted by Gasteiger charge is -2.36. The molecular weight excluding hydrogens is 523 g/mol. The van der Waals surface area contributed by atoms with Crippen molar-refractivity contribution in [3.05, 3.63) is 63.8 Å². The van der Waals surface area contributed by atoms with Gasteiger partial charge in [-0.2, -0.15) is 5.10 Å². The van der Waals surface area contributed by atoms with Crippen LogP contribution in [0.5, 0.6) is 0 Å². The Labute approximate surface area is 227 Å². The number of nitrogens with one attached hydrogen (secondary N) is 3. The van der Waals surface area contributed by atoms with Crippen LogP contribution in [0, 0.1) is 5.82 Å². The SMILES string of the molecule is C[C@H](NC(=O)c1cc(C(=O)NCc2ccc3oc(=O)[nH]c3c2)nc2c(F)cnn12)C(=O)N1CCC(N(C)C)CC1. The van der Waals surface area contributed by atoms with Crippen molar-refractivity contribution in [1.82, 2.24) is 40.0 Å². The van der Waals surface area contributed by atoms with E-state index in [9.17, 15) is 23.6 Å². The number of carbonyl (C=O) groups is 3. The highest BCUT2D eigenvalue weighted by Crippen LogP contribution is 2.16. The van der Waals surface area contributed by atoms with E-state index in [1.807, 2.05) is 14.1 Å². The summed E-state index contributed by atoms with van der Waals surface area (Å²) in [6, 6.07) is 5.65. The van der Waals surface area contributed by atoms with Crippen molar-refractivity contribution in [3.8, 4) is 0 Å². The molecule has 4 aromatic rings. The van der Waals surface area contributed by atoms with Crippen molar-refractivity contribution in [3.63, 3.8) is 0 Å². The minimum atomic E-state index is -0.853. The van der Waals surface area contributed by atoms with Crippen molar-refractivity contribution in [2.45, 2.75) is 38.4 Å². The third-order valence-corrected chi connectivity index (χ3v) is 7.05. The third-order valence-electron chi connectivity index (χ3n) is 7.05. The van der Waals surface area contributed by atoms with E-state index in [0.717, 1.165) is 23.6 Å². The molecule has 210 valence electrons. The molecule has 3 N–H and O–H groups in total. The van der Waals surface area contributed by atoms with Crippen LogP contribution in [0.2, 0.25) is 0 Å². The Morgan fingerprint density at radius 1 is 1.20 bits per heavy atom. The zero-order valence-corrected chi connectivity index (χ0v) is 22.2. The van der Waals surface area contributed by atoms with Gasteiger partial charge in [-0.1, -0.05) is 6.07 Å². The summed E-state index contributed by atoms with van der Waals surface area (Å²) in [7, 11) is 4.02. The van der Waals surface area contributed by atoms with Crippen molar-refractivity contribution < 1.29 is 23.2 Å². The first-order valence-corrected chi connectivity index (χ1v) is 12.8. The molecule has 0 radical (unpaired) electrons. The second-order valence-electron chi connectivity index (χ2n) is 10.00. The minimum Gasteiger partial charge on any atom is -0.408 e. The number of carbonyl (C=O) groups excluding carboxylic acids is 3. The molecule has 1 atom stereocenters. The van der Waals surface area contributed by atoms with Crippen molar-refractivity contribution in [1.29, 1.82) is 0 Å². The summed E-state index contributed by atoms with van der Waals surface area (Å²) >= 11 is 0. The molecule has 3 aromatic heterocycles. The molecule has 1 saturated heterocycles. The van der Waals surface area contributed by atoms with Gasteiger partial charge in [0.15, 0.2) is 17.0 Å². The molecule has 1 aliphatic rings. The van der Waals surface area contributed by atoms with Gasteiger partial charge >= 0.3 is 5.76 Å². The van der Waals surface area contributed by atoms with Crippen molar-refractivity contribution in [2.24, 2.45) is 0 Å². The van der Waals surface area contributed by atoms with E-state index in [1.54, 1.807) is 30.0 Å². The largest absolute Gasteiger partial charge is 0.417 e. The number of likely N-dealkylation sites (tertiary alicyclic amines) is 1. The summed E-state index contributed by atoms with van der Waals surface area (Å²) < 4.78 is 20.4. The lowest BCUT2D eigenvalue weighted by Crippen LogP contribution is -2.51. The molecule has 0 unspecified atom stereocenters. The van der Waals surface area contributed by atoms with Gasteiger partial charge in [0, 0.05) is 31.7 Å². The first-order chi connectivity index (χ1) is 19.1. The zero-order valence-electron chi connectivity index (χ0n) is 22.2. The van der Waals surface area contributed by atoms with Gasteiger partial charge in [-0.05, 0) is 51.6 Å². The average molecular weight is 553 g/mol. The molecule has 3 amide bonds. The van der Waals surface area contributed by atoms with Crippen LogP contribution in [-0.2, 0) is 11.3 Å². The van der Waals surface area contributed by atoms with E-state index in [0.29, 0.717) is 35.8 Å². The molecule has 5 rings (SSSR count). The second kappa shape index (κ2) is 10.9. The molecular formula is C26H29FN8O5. The number of benzene rings is 1. The van der Waals surface area contributed by atoms with Crippen LogP contribution in [0.3, 0.4) is 0 Å². The van der Waals surface area contributed by atoms with E-state index >= 15 is 0 Å². The number of halogens is 1. The molecule has 0 saturated carbocycles. The number of piperidine rings is 1. The Morgan fingerprint density at radius 2 is 1.95 bits per heavy atom. The maximum absolute atomic E-state index is 14.4. The fourth-order valence-corrected chi connectivity index (χ4v) is 4.80. The predicted octanol–water partition coefficient (Wildman–Crippen LogP) is 0.904. The van der Waals surface area contributed by atoms with Crippen LogP contribution in [0.15, 0.2) is 39.7 Å². The number of hydrogen-bond acceptors (Lipinski definition) is 8. The third kappa shape index (κ3) is 5.43. The van der Waals surface area contributed by atoms with Gasteiger partial charge in [-0.25, -0.2) is 18.7 Å². The van der Waals surface area contributed by atoms with Crippen LogP contribution in [0.4, 0.5) is 4.39 Å². The van der Waals surface area contributed by atoms with Crippen LogP contribution in [0.1, 0.15) is 46.3 Å². The number of oxazole rings is 1. The number of amides is 3. The summed E-state index contributed by atoms with van der Waals surface area (Å²) in [5.41, 5.74) is 0.850. The molecule has 4 heterocycles. The lowest BCUT2D eigenvalue weighted by molar-refractivity contribution is -0.134. The summed E-state index contributed by atoms with van der Waals surface area (Å²) in [6.45, 7) is 2.81. The Bertz CT molecular complexity index is 1650. The maximum atomic E-state index is 14.4. The van der Waals surface area contributed by atoms with Crippen LogP contribution in [0.25, 0.3) is 16.7 Å². The average Bonchev–Trinajstić information content (AvgIpc) is 3.51. The van der Waals surface area contributed by atoms with Gasteiger partial charge in [0.2, 0.25) is 5.91 Å². The lowest BCUT2D eigenvalue weighted by atomic mass is 10.0. The zero-order chi connectivity index (χ0) is 28.6. The van der Waals surface area contributed by atoms with E-state index in [-0.39, 0.29) is 29.5 Å². The van der Waals surface area contributed by atoms with Crippen LogP contribution >= 0.6 is 0 Å². The standard InChI is InChI=1S/C26H29FN8O5/c1-14(25(38)34-8-6-16(7-9-34)33(2)3)30-24(37)20-11-19(31-22-17(27)13-29-35(20)22)23(36)28-12-15-4-5-21-18(10-15)32-26(39)40-21/h4-5,10-11,13-14,16H,6-9,12H2,1-3H3,(H,28,36)(H,30,37)(H,32,39)/t14-/m0/s1. The summed E-state index contributed by atoms with van der Waals surface area (Å²) in [5.74, 6) is -3.00. The molecule has 1 aromatic carbocycles. The van der Waals surface area contributed by atoms with Crippen molar-refractivity contribution in [2.75, 3.05) is 27.2 Å². The molecule has 1 aliphatic heterocycles. The normalized spacial score (nSPS) is 15.1. The molecule has 0 aliphatic carbocycles.